The van der Waals surface area contributed by atoms with Crippen molar-refractivity contribution in [1.82, 2.24) is 19.3 Å². The SMILES string of the molecule is COc1ccc(S(=O)(=O)N2CCC[C@H](c3ccnc(Nc4ncccc4C)n3)C2)cc1. The molecule has 0 aliphatic carbocycles. The third-order valence-corrected chi connectivity index (χ3v) is 7.30. The van der Waals surface area contributed by atoms with Gasteiger partial charge in [-0.05, 0) is 61.7 Å². The highest BCUT2D eigenvalue weighted by Crippen LogP contribution is 2.30. The summed E-state index contributed by atoms with van der Waals surface area (Å²) in [6.45, 7) is 2.84. The number of aryl methyl sites for hydroxylation is 1. The first kappa shape index (κ1) is 21.2. The highest BCUT2D eigenvalue weighted by atomic mass is 32.2. The van der Waals surface area contributed by atoms with Gasteiger partial charge in [-0.15, -0.1) is 0 Å². The smallest absolute Gasteiger partial charge is 0.243 e. The molecule has 0 spiro atoms. The normalized spacial score (nSPS) is 17.3. The number of rotatable bonds is 6. The van der Waals surface area contributed by atoms with E-state index >= 15 is 0 Å². The van der Waals surface area contributed by atoms with Gasteiger partial charge in [0, 0.05) is 31.4 Å². The van der Waals surface area contributed by atoms with Crippen LogP contribution in [0.4, 0.5) is 11.8 Å². The van der Waals surface area contributed by atoms with Crippen molar-refractivity contribution in [1.29, 1.82) is 0 Å². The second kappa shape index (κ2) is 8.99. The molecule has 4 rings (SSSR count). The largest absolute Gasteiger partial charge is 0.497 e. The maximum atomic E-state index is 13.1. The number of methoxy groups -OCH3 is 1. The third kappa shape index (κ3) is 4.67. The molecule has 0 radical (unpaired) electrons. The van der Waals surface area contributed by atoms with Crippen LogP contribution in [0.5, 0.6) is 5.75 Å². The van der Waals surface area contributed by atoms with Gasteiger partial charge >= 0.3 is 0 Å². The predicted molar refractivity (Wildman–Crippen MR) is 118 cm³/mol. The van der Waals surface area contributed by atoms with Crippen molar-refractivity contribution in [3.63, 3.8) is 0 Å². The molecule has 31 heavy (non-hydrogen) atoms. The highest BCUT2D eigenvalue weighted by molar-refractivity contribution is 7.89. The molecular formula is C22H25N5O3S. The van der Waals surface area contributed by atoms with Gasteiger partial charge in [0.25, 0.3) is 0 Å². The lowest BCUT2D eigenvalue weighted by atomic mass is 9.96. The Kier molecular flexibility index (Phi) is 6.15. The average molecular weight is 440 g/mol. The van der Waals surface area contributed by atoms with Gasteiger partial charge < -0.3 is 10.1 Å². The summed E-state index contributed by atoms with van der Waals surface area (Å²) < 4.78 is 33.0. The van der Waals surface area contributed by atoms with Crippen molar-refractivity contribution in [3.05, 3.63) is 66.1 Å². The summed E-state index contributed by atoms with van der Waals surface area (Å²) in [5.41, 5.74) is 1.81. The zero-order valence-corrected chi connectivity index (χ0v) is 18.3. The van der Waals surface area contributed by atoms with Crippen LogP contribution in [0.1, 0.15) is 30.0 Å². The summed E-state index contributed by atoms with van der Waals surface area (Å²) in [7, 11) is -2.03. The van der Waals surface area contributed by atoms with E-state index in [2.05, 4.69) is 20.3 Å². The van der Waals surface area contributed by atoms with E-state index in [1.165, 1.54) is 0 Å². The summed E-state index contributed by atoms with van der Waals surface area (Å²) in [6, 6.07) is 12.2. The molecule has 2 aromatic heterocycles. The van der Waals surface area contributed by atoms with Crippen molar-refractivity contribution in [2.24, 2.45) is 0 Å². The zero-order valence-electron chi connectivity index (χ0n) is 17.5. The Labute approximate surface area is 182 Å². The van der Waals surface area contributed by atoms with Crippen LogP contribution in [0.25, 0.3) is 0 Å². The topological polar surface area (TPSA) is 97.3 Å². The minimum Gasteiger partial charge on any atom is -0.497 e. The van der Waals surface area contributed by atoms with Crippen molar-refractivity contribution in [3.8, 4) is 5.75 Å². The Bertz CT molecular complexity index is 1150. The zero-order chi connectivity index (χ0) is 21.8. The van der Waals surface area contributed by atoms with Gasteiger partial charge in [-0.2, -0.15) is 4.31 Å². The number of nitrogens with zero attached hydrogens (tertiary/aromatic N) is 4. The lowest BCUT2D eigenvalue weighted by Gasteiger charge is -2.31. The van der Waals surface area contributed by atoms with E-state index in [4.69, 9.17) is 4.74 Å². The number of anilines is 2. The highest BCUT2D eigenvalue weighted by Gasteiger charge is 2.31. The Morgan fingerprint density at radius 1 is 1.10 bits per heavy atom. The number of pyridine rings is 1. The Morgan fingerprint density at radius 2 is 1.90 bits per heavy atom. The van der Waals surface area contributed by atoms with E-state index in [9.17, 15) is 8.42 Å². The minimum atomic E-state index is -3.58. The summed E-state index contributed by atoms with van der Waals surface area (Å²) >= 11 is 0. The first-order valence-corrected chi connectivity index (χ1v) is 11.6. The van der Waals surface area contributed by atoms with Crippen molar-refractivity contribution in [2.45, 2.75) is 30.6 Å². The molecule has 8 nitrogen and oxygen atoms in total. The summed E-state index contributed by atoms with van der Waals surface area (Å²) in [5.74, 6) is 1.77. The quantitative estimate of drug-likeness (QED) is 0.628. The van der Waals surface area contributed by atoms with E-state index in [0.717, 1.165) is 24.1 Å². The molecule has 1 N–H and O–H groups in total. The van der Waals surface area contributed by atoms with Gasteiger partial charge in [0.05, 0.1) is 17.7 Å². The number of nitrogens with one attached hydrogen (secondary N) is 1. The number of hydrogen-bond acceptors (Lipinski definition) is 7. The van der Waals surface area contributed by atoms with Gasteiger partial charge in [-0.3, -0.25) is 0 Å². The molecule has 1 aromatic carbocycles. The van der Waals surface area contributed by atoms with Crippen LogP contribution in [0.3, 0.4) is 0 Å². The van der Waals surface area contributed by atoms with Crippen molar-refractivity contribution in [2.75, 3.05) is 25.5 Å². The van der Waals surface area contributed by atoms with E-state index in [1.807, 2.05) is 25.1 Å². The first-order valence-electron chi connectivity index (χ1n) is 10.1. The van der Waals surface area contributed by atoms with E-state index in [1.54, 1.807) is 48.1 Å². The van der Waals surface area contributed by atoms with Crippen LogP contribution >= 0.6 is 0 Å². The molecule has 0 amide bonds. The molecule has 3 heterocycles. The molecule has 162 valence electrons. The van der Waals surface area contributed by atoms with Gasteiger partial charge in [-0.1, -0.05) is 6.07 Å². The maximum Gasteiger partial charge on any atom is 0.243 e. The number of ether oxygens (including phenoxy) is 1. The van der Waals surface area contributed by atoms with E-state index < -0.39 is 10.0 Å². The van der Waals surface area contributed by atoms with Crippen LogP contribution in [0.2, 0.25) is 0 Å². The maximum absolute atomic E-state index is 13.1. The van der Waals surface area contributed by atoms with Crippen LogP contribution in [0.15, 0.2) is 59.8 Å². The van der Waals surface area contributed by atoms with Gasteiger partial charge in [-0.25, -0.2) is 23.4 Å². The number of hydrogen-bond donors (Lipinski definition) is 1. The molecule has 0 bridgehead atoms. The fourth-order valence-electron chi connectivity index (χ4n) is 3.68. The number of sulfonamides is 1. The molecule has 1 aliphatic heterocycles. The summed E-state index contributed by atoms with van der Waals surface area (Å²) in [5, 5.41) is 3.15. The molecule has 3 aromatic rings. The molecule has 1 fully saturated rings. The Morgan fingerprint density at radius 3 is 2.65 bits per heavy atom. The van der Waals surface area contributed by atoms with Crippen LogP contribution in [0, 0.1) is 6.92 Å². The predicted octanol–water partition coefficient (Wildman–Crippen LogP) is 3.50. The monoisotopic (exact) mass is 439 g/mol. The fourth-order valence-corrected chi connectivity index (χ4v) is 5.21. The number of aromatic nitrogens is 3. The lowest BCUT2D eigenvalue weighted by Crippen LogP contribution is -2.39. The number of piperidine rings is 1. The molecule has 0 unspecified atom stereocenters. The third-order valence-electron chi connectivity index (χ3n) is 5.42. The first-order chi connectivity index (χ1) is 15.0. The van der Waals surface area contributed by atoms with Gasteiger partial charge in [0.15, 0.2) is 0 Å². The minimum absolute atomic E-state index is 0.00449. The number of benzene rings is 1. The molecule has 1 aliphatic rings. The van der Waals surface area contributed by atoms with Crippen LogP contribution in [-0.4, -0.2) is 47.9 Å². The summed E-state index contributed by atoms with van der Waals surface area (Å²) in [6.07, 6.45) is 5.04. The second-order valence-corrected chi connectivity index (χ2v) is 9.41. The van der Waals surface area contributed by atoms with E-state index in [-0.39, 0.29) is 10.8 Å². The van der Waals surface area contributed by atoms with Crippen LogP contribution in [-0.2, 0) is 10.0 Å². The Hall–Kier alpha value is -3.04. The van der Waals surface area contributed by atoms with Crippen LogP contribution < -0.4 is 10.1 Å². The van der Waals surface area contributed by atoms with E-state index in [0.29, 0.717) is 30.6 Å². The second-order valence-electron chi connectivity index (χ2n) is 7.48. The Balaban J connectivity index is 1.52. The molecule has 9 heteroatoms. The standard InChI is InChI=1S/C22H25N5O3S/c1-16-5-3-12-23-21(16)26-22-24-13-11-20(25-22)17-6-4-14-27(15-17)31(28,29)19-9-7-18(30-2)8-10-19/h3,5,7-13,17H,4,6,14-15H2,1-2H3,(H,23,24,25,26)/t17-/m0/s1. The fraction of sp³-hybridized carbons (Fsp3) is 0.318. The molecule has 1 saturated heterocycles. The molecule has 1 atom stereocenters. The molecule has 0 saturated carbocycles. The van der Waals surface area contributed by atoms with Crippen molar-refractivity contribution >= 4 is 21.8 Å². The molecular weight excluding hydrogens is 414 g/mol. The van der Waals surface area contributed by atoms with Gasteiger partial charge in [0.2, 0.25) is 16.0 Å². The summed E-state index contributed by atoms with van der Waals surface area (Å²) in [4.78, 5) is 13.5. The average Bonchev–Trinajstić information content (AvgIpc) is 2.81. The lowest BCUT2D eigenvalue weighted by molar-refractivity contribution is 0.312. The van der Waals surface area contributed by atoms with Crippen molar-refractivity contribution < 1.29 is 13.2 Å². The van der Waals surface area contributed by atoms with Gasteiger partial charge in [0.1, 0.15) is 11.6 Å².